The van der Waals surface area contributed by atoms with Crippen LogP contribution in [-0.4, -0.2) is 22.5 Å². The van der Waals surface area contributed by atoms with Gasteiger partial charge in [0.1, 0.15) is 5.75 Å². The third-order valence-corrected chi connectivity index (χ3v) is 3.67. The largest absolute Gasteiger partial charge is 0.507 e. The Balaban J connectivity index is 2.27. The zero-order valence-electron chi connectivity index (χ0n) is 12.8. The number of hydrogen-bond acceptors (Lipinski definition) is 2. The highest BCUT2D eigenvalue weighted by molar-refractivity contribution is 5.97. The molecule has 3 nitrogen and oxygen atoms in total. The van der Waals surface area contributed by atoms with Gasteiger partial charge in [0, 0.05) is 13.1 Å². The number of amides is 1. The van der Waals surface area contributed by atoms with Crippen LogP contribution in [0.25, 0.3) is 0 Å². The van der Waals surface area contributed by atoms with E-state index in [2.05, 4.69) is 0 Å². The number of carbonyl (C=O) groups is 1. The van der Waals surface area contributed by atoms with E-state index in [9.17, 15) is 9.90 Å². The Kier molecular flexibility index (Phi) is 4.63. The van der Waals surface area contributed by atoms with Gasteiger partial charge in [0.05, 0.1) is 5.56 Å². The minimum Gasteiger partial charge on any atom is -0.507 e. The van der Waals surface area contributed by atoms with Crippen molar-refractivity contribution in [2.75, 3.05) is 6.54 Å². The molecular weight excluding hydrogens is 262 g/mol. The van der Waals surface area contributed by atoms with Crippen molar-refractivity contribution in [3.05, 3.63) is 64.7 Å². The molecule has 0 unspecified atom stereocenters. The minimum absolute atomic E-state index is 0.0360. The summed E-state index contributed by atoms with van der Waals surface area (Å²) in [5, 5.41) is 9.92. The van der Waals surface area contributed by atoms with Gasteiger partial charge < -0.3 is 10.0 Å². The van der Waals surface area contributed by atoms with E-state index in [0.29, 0.717) is 18.7 Å². The summed E-state index contributed by atoms with van der Waals surface area (Å²) in [4.78, 5) is 14.4. The predicted octanol–water partition coefficient (Wildman–Crippen LogP) is 3.67. The number of phenolic OH excluding ortho intramolecular Hbond substituents is 1. The van der Waals surface area contributed by atoms with E-state index in [0.717, 1.165) is 16.7 Å². The van der Waals surface area contributed by atoms with Crippen LogP contribution in [-0.2, 0) is 6.54 Å². The molecule has 0 saturated carbocycles. The molecular formula is C18H21NO2. The van der Waals surface area contributed by atoms with Crippen molar-refractivity contribution in [3.8, 4) is 5.75 Å². The normalized spacial score (nSPS) is 10.4. The third kappa shape index (κ3) is 3.43. The van der Waals surface area contributed by atoms with E-state index >= 15 is 0 Å². The smallest absolute Gasteiger partial charge is 0.257 e. The molecule has 0 bridgehead atoms. The first-order valence-corrected chi connectivity index (χ1v) is 7.16. The molecule has 0 fully saturated rings. The average Bonchev–Trinajstić information content (AvgIpc) is 2.48. The molecule has 2 aromatic carbocycles. The zero-order chi connectivity index (χ0) is 15.4. The summed E-state index contributed by atoms with van der Waals surface area (Å²) in [7, 11) is 0. The van der Waals surface area contributed by atoms with Gasteiger partial charge in [-0.2, -0.15) is 0 Å². The van der Waals surface area contributed by atoms with Crippen LogP contribution in [0.5, 0.6) is 5.75 Å². The molecule has 1 amide bonds. The SMILES string of the molecule is CCN(Cc1ccccc1C)C(=O)c1cc(C)ccc1O. The lowest BCUT2D eigenvalue weighted by Crippen LogP contribution is -2.30. The van der Waals surface area contributed by atoms with Gasteiger partial charge in [0.15, 0.2) is 0 Å². The summed E-state index contributed by atoms with van der Waals surface area (Å²) in [6.45, 7) is 7.05. The third-order valence-electron chi connectivity index (χ3n) is 3.67. The molecule has 0 atom stereocenters. The van der Waals surface area contributed by atoms with Gasteiger partial charge in [-0.15, -0.1) is 0 Å². The van der Waals surface area contributed by atoms with Crippen molar-refractivity contribution < 1.29 is 9.90 Å². The van der Waals surface area contributed by atoms with Crippen LogP contribution in [0.1, 0.15) is 34.0 Å². The summed E-state index contributed by atoms with van der Waals surface area (Å²) in [5.41, 5.74) is 3.62. The zero-order valence-corrected chi connectivity index (χ0v) is 12.8. The number of nitrogens with zero attached hydrogens (tertiary/aromatic N) is 1. The van der Waals surface area contributed by atoms with Crippen LogP contribution in [0.2, 0.25) is 0 Å². The molecule has 2 aromatic rings. The van der Waals surface area contributed by atoms with E-state index < -0.39 is 0 Å². The number of aromatic hydroxyl groups is 1. The maximum atomic E-state index is 12.6. The van der Waals surface area contributed by atoms with Gasteiger partial charge in [-0.05, 0) is 44.0 Å². The number of benzene rings is 2. The van der Waals surface area contributed by atoms with Crippen molar-refractivity contribution in [1.29, 1.82) is 0 Å². The van der Waals surface area contributed by atoms with Gasteiger partial charge in [0.2, 0.25) is 0 Å². The van der Waals surface area contributed by atoms with Crippen LogP contribution < -0.4 is 0 Å². The van der Waals surface area contributed by atoms with Crippen molar-refractivity contribution in [1.82, 2.24) is 4.90 Å². The average molecular weight is 283 g/mol. The lowest BCUT2D eigenvalue weighted by atomic mass is 10.1. The molecule has 0 heterocycles. The Morgan fingerprint density at radius 3 is 2.52 bits per heavy atom. The first-order chi connectivity index (χ1) is 10.0. The maximum absolute atomic E-state index is 12.6. The van der Waals surface area contributed by atoms with E-state index in [4.69, 9.17) is 0 Å². The predicted molar refractivity (Wildman–Crippen MR) is 84.4 cm³/mol. The fourth-order valence-corrected chi connectivity index (χ4v) is 2.31. The van der Waals surface area contributed by atoms with E-state index in [1.54, 1.807) is 23.1 Å². The summed E-state index contributed by atoms with van der Waals surface area (Å²) in [6, 6.07) is 13.1. The summed E-state index contributed by atoms with van der Waals surface area (Å²) in [6.07, 6.45) is 0. The van der Waals surface area contributed by atoms with Crippen LogP contribution in [0, 0.1) is 13.8 Å². The van der Waals surface area contributed by atoms with Crippen molar-refractivity contribution in [3.63, 3.8) is 0 Å². The standard InChI is InChI=1S/C18H21NO2/c1-4-19(12-15-8-6-5-7-14(15)3)18(21)16-11-13(2)9-10-17(16)20/h5-11,20H,4,12H2,1-3H3. The highest BCUT2D eigenvalue weighted by atomic mass is 16.3. The van der Waals surface area contributed by atoms with Crippen LogP contribution in [0.3, 0.4) is 0 Å². The number of aryl methyl sites for hydroxylation is 2. The molecule has 0 saturated heterocycles. The van der Waals surface area contributed by atoms with Crippen LogP contribution in [0.15, 0.2) is 42.5 Å². The Morgan fingerprint density at radius 2 is 1.86 bits per heavy atom. The topological polar surface area (TPSA) is 40.5 Å². The molecule has 21 heavy (non-hydrogen) atoms. The highest BCUT2D eigenvalue weighted by Gasteiger charge is 2.18. The maximum Gasteiger partial charge on any atom is 0.257 e. The van der Waals surface area contributed by atoms with Crippen molar-refractivity contribution >= 4 is 5.91 Å². The van der Waals surface area contributed by atoms with Crippen molar-refractivity contribution in [2.45, 2.75) is 27.3 Å². The fraction of sp³-hybridized carbons (Fsp3) is 0.278. The molecule has 0 aromatic heterocycles. The second-order valence-electron chi connectivity index (χ2n) is 5.27. The highest BCUT2D eigenvalue weighted by Crippen LogP contribution is 2.21. The Labute approximate surface area is 125 Å². The second kappa shape index (κ2) is 6.44. The molecule has 3 heteroatoms. The molecule has 110 valence electrons. The minimum atomic E-state index is -0.137. The Morgan fingerprint density at radius 1 is 1.14 bits per heavy atom. The number of rotatable bonds is 4. The summed E-state index contributed by atoms with van der Waals surface area (Å²) >= 11 is 0. The van der Waals surface area contributed by atoms with Gasteiger partial charge in [0.25, 0.3) is 5.91 Å². The van der Waals surface area contributed by atoms with Crippen LogP contribution in [0.4, 0.5) is 0 Å². The first-order valence-electron chi connectivity index (χ1n) is 7.16. The van der Waals surface area contributed by atoms with E-state index in [1.165, 1.54) is 0 Å². The monoisotopic (exact) mass is 283 g/mol. The first kappa shape index (κ1) is 15.1. The lowest BCUT2D eigenvalue weighted by molar-refractivity contribution is 0.0749. The Bertz CT molecular complexity index is 649. The quantitative estimate of drug-likeness (QED) is 0.930. The number of phenols is 1. The van der Waals surface area contributed by atoms with Gasteiger partial charge in [-0.25, -0.2) is 0 Å². The molecule has 0 aliphatic rings. The van der Waals surface area contributed by atoms with Crippen molar-refractivity contribution in [2.24, 2.45) is 0 Å². The van der Waals surface area contributed by atoms with Crippen LogP contribution >= 0.6 is 0 Å². The van der Waals surface area contributed by atoms with E-state index in [1.807, 2.05) is 45.0 Å². The lowest BCUT2D eigenvalue weighted by Gasteiger charge is -2.22. The summed E-state index contributed by atoms with van der Waals surface area (Å²) < 4.78 is 0. The molecule has 0 spiro atoms. The second-order valence-corrected chi connectivity index (χ2v) is 5.27. The number of hydrogen-bond donors (Lipinski definition) is 1. The van der Waals surface area contributed by atoms with Gasteiger partial charge in [-0.1, -0.05) is 35.9 Å². The number of carbonyl (C=O) groups excluding carboxylic acids is 1. The molecule has 0 radical (unpaired) electrons. The molecule has 2 rings (SSSR count). The fourth-order valence-electron chi connectivity index (χ4n) is 2.31. The van der Waals surface area contributed by atoms with Gasteiger partial charge in [-0.3, -0.25) is 4.79 Å². The van der Waals surface area contributed by atoms with Gasteiger partial charge >= 0.3 is 0 Å². The summed E-state index contributed by atoms with van der Waals surface area (Å²) in [5.74, 6) is -0.101. The molecule has 0 aliphatic heterocycles. The molecule has 0 aliphatic carbocycles. The van der Waals surface area contributed by atoms with E-state index in [-0.39, 0.29) is 11.7 Å². The molecule has 1 N–H and O–H groups in total. The Hall–Kier alpha value is -2.29.